The van der Waals surface area contributed by atoms with Gasteiger partial charge in [0, 0.05) is 32.8 Å². The average molecular weight is 238 g/mol. The maximum Gasteiger partial charge on any atom is 0.246 e. The van der Waals surface area contributed by atoms with E-state index in [2.05, 4.69) is 12.2 Å². The van der Waals surface area contributed by atoms with Crippen LogP contribution in [0.15, 0.2) is 12.2 Å². The van der Waals surface area contributed by atoms with E-state index in [1.165, 1.54) is 36.3 Å². The zero-order chi connectivity index (χ0) is 12.9. The molecular formula is C13H22N2O2. The second kappa shape index (κ2) is 5.84. The highest BCUT2D eigenvalue weighted by Gasteiger charge is 2.34. The summed E-state index contributed by atoms with van der Waals surface area (Å²) >= 11 is 0. The highest BCUT2D eigenvalue weighted by atomic mass is 16.2. The number of carbonyl (C=O) groups excluding carboxylic acids is 2. The van der Waals surface area contributed by atoms with Crippen molar-refractivity contribution in [3.05, 3.63) is 12.2 Å². The summed E-state index contributed by atoms with van der Waals surface area (Å²) in [5, 5.41) is 2.87. The molecule has 1 saturated carbocycles. The Morgan fingerprint density at radius 1 is 1.29 bits per heavy atom. The Kier molecular flexibility index (Phi) is 4.73. The van der Waals surface area contributed by atoms with Gasteiger partial charge >= 0.3 is 0 Å². The molecule has 4 heteroatoms. The Morgan fingerprint density at radius 2 is 1.94 bits per heavy atom. The van der Waals surface area contributed by atoms with Crippen LogP contribution in [0.1, 0.15) is 32.6 Å². The molecule has 0 spiro atoms. The van der Waals surface area contributed by atoms with Gasteiger partial charge in [-0.05, 0) is 24.7 Å². The maximum absolute atomic E-state index is 11.5. The predicted molar refractivity (Wildman–Crippen MR) is 67.4 cm³/mol. The number of carbonyl (C=O) groups is 2. The van der Waals surface area contributed by atoms with Crippen LogP contribution < -0.4 is 5.32 Å². The van der Waals surface area contributed by atoms with Gasteiger partial charge < -0.3 is 10.2 Å². The van der Waals surface area contributed by atoms with Gasteiger partial charge in [0.05, 0.1) is 0 Å². The zero-order valence-corrected chi connectivity index (χ0v) is 11.0. The summed E-state index contributed by atoms with van der Waals surface area (Å²) in [6, 6.07) is 0. The molecule has 0 aromatic carbocycles. The second-order valence-corrected chi connectivity index (χ2v) is 4.99. The molecule has 1 N–H and O–H groups in total. The van der Waals surface area contributed by atoms with Gasteiger partial charge in [-0.15, -0.1) is 0 Å². The highest BCUT2D eigenvalue weighted by Crippen LogP contribution is 2.42. The van der Waals surface area contributed by atoms with E-state index in [1.54, 1.807) is 14.1 Å². The Morgan fingerprint density at radius 3 is 2.35 bits per heavy atom. The number of hydrogen-bond acceptors (Lipinski definition) is 2. The molecule has 4 nitrogen and oxygen atoms in total. The van der Waals surface area contributed by atoms with Crippen LogP contribution in [-0.4, -0.2) is 37.4 Å². The summed E-state index contributed by atoms with van der Waals surface area (Å²) in [4.78, 5) is 24.2. The van der Waals surface area contributed by atoms with Gasteiger partial charge in [0.2, 0.25) is 11.8 Å². The lowest BCUT2D eigenvalue weighted by Crippen LogP contribution is -2.41. The van der Waals surface area contributed by atoms with Crippen molar-refractivity contribution in [3.63, 3.8) is 0 Å². The van der Waals surface area contributed by atoms with E-state index in [0.29, 0.717) is 5.41 Å². The first-order chi connectivity index (χ1) is 7.99. The van der Waals surface area contributed by atoms with Gasteiger partial charge in [0.25, 0.3) is 0 Å². The molecule has 0 aliphatic heterocycles. The lowest BCUT2D eigenvalue weighted by molar-refractivity contribution is -0.124. The van der Waals surface area contributed by atoms with E-state index in [-0.39, 0.29) is 11.8 Å². The topological polar surface area (TPSA) is 49.4 Å². The first-order valence-electron chi connectivity index (χ1n) is 6.16. The summed E-state index contributed by atoms with van der Waals surface area (Å²) in [6.07, 6.45) is 7.37. The first-order valence-corrected chi connectivity index (χ1v) is 6.16. The summed E-state index contributed by atoms with van der Waals surface area (Å²) in [5.74, 6) is -0.353. The fraction of sp³-hybridized carbons (Fsp3) is 0.692. The van der Waals surface area contributed by atoms with Gasteiger partial charge in [0.1, 0.15) is 0 Å². The van der Waals surface area contributed by atoms with Crippen LogP contribution in [0.2, 0.25) is 0 Å². The van der Waals surface area contributed by atoms with Crippen LogP contribution >= 0.6 is 0 Å². The van der Waals surface area contributed by atoms with Crippen LogP contribution in [0, 0.1) is 5.41 Å². The molecule has 1 rings (SSSR count). The van der Waals surface area contributed by atoms with Crippen molar-refractivity contribution in [2.75, 3.05) is 20.6 Å². The number of rotatable bonds is 5. The minimum atomic E-state index is -0.181. The lowest BCUT2D eigenvalue weighted by atomic mass is 9.67. The molecule has 1 aliphatic carbocycles. The number of nitrogens with one attached hydrogen (secondary N) is 1. The molecule has 0 bridgehead atoms. The third-order valence-corrected chi connectivity index (χ3v) is 3.62. The lowest BCUT2D eigenvalue weighted by Gasteiger charge is -2.41. The quantitative estimate of drug-likeness (QED) is 0.735. The van der Waals surface area contributed by atoms with E-state index in [9.17, 15) is 9.59 Å². The van der Waals surface area contributed by atoms with E-state index >= 15 is 0 Å². The molecule has 96 valence electrons. The van der Waals surface area contributed by atoms with Gasteiger partial charge in [0.15, 0.2) is 0 Å². The molecule has 0 saturated heterocycles. The van der Waals surface area contributed by atoms with E-state index in [1.807, 2.05) is 0 Å². The molecule has 2 amide bonds. The molecule has 17 heavy (non-hydrogen) atoms. The standard InChI is InChI=1S/C13H22N2O2/c1-4-13(8-5-9-13)10-14-11(16)6-7-12(17)15(2)3/h6-7H,4-5,8-10H2,1-3H3,(H,14,16). The van der Waals surface area contributed by atoms with Crippen molar-refractivity contribution >= 4 is 11.8 Å². The van der Waals surface area contributed by atoms with Crippen molar-refractivity contribution in [2.45, 2.75) is 32.6 Å². The van der Waals surface area contributed by atoms with E-state index in [4.69, 9.17) is 0 Å². The smallest absolute Gasteiger partial charge is 0.246 e. The minimum Gasteiger partial charge on any atom is -0.352 e. The third kappa shape index (κ3) is 3.88. The molecular weight excluding hydrogens is 216 g/mol. The molecule has 1 aliphatic rings. The zero-order valence-electron chi connectivity index (χ0n) is 11.0. The second-order valence-electron chi connectivity index (χ2n) is 4.99. The van der Waals surface area contributed by atoms with Crippen molar-refractivity contribution in [2.24, 2.45) is 5.41 Å². The first kappa shape index (κ1) is 13.7. The van der Waals surface area contributed by atoms with Crippen LogP contribution in [-0.2, 0) is 9.59 Å². The summed E-state index contributed by atoms with van der Waals surface area (Å²) in [6.45, 7) is 2.89. The van der Waals surface area contributed by atoms with Gasteiger partial charge in [-0.2, -0.15) is 0 Å². The van der Waals surface area contributed by atoms with Crippen LogP contribution in [0.5, 0.6) is 0 Å². The predicted octanol–water partition coefficient (Wildman–Crippen LogP) is 1.33. The minimum absolute atomic E-state index is 0.172. The van der Waals surface area contributed by atoms with Crippen molar-refractivity contribution in [3.8, 4) is 0 Å². The number of likely N-dealkylation sites (N-methyl/N-ethyl adjacent to an activating group) is 1. The molecule has 0 radical (unpaired) electrons. The fourth-order valence-electron chi connectivity index (χ4n) is 1.96. The molecule has 0 unspecified atom stereocenters. The Balaban J connectivity index is 2.32. The highest BCUT2D eigenvalue weighted by molar-refractivity contribution is 5.96. The third-order valence-electron chi connectivity index (χ3n) is 3.62. The number of hydrogen-bond donors (Lipinski definition) is 1. The van der Waals surface area contributed by atoms with Gasteiger partial charge in [-0.25, -0.2) is 0 Å². The largest absolute Gasteiger partial charge is 0.352 e. The summed E-state index contributed by atoms with van der Waals surface area (Å²) in [5.41, 5.74) is 0.315. The molecule has 0 heterocycles. The molecule has 0 aromatic rings. The van der Waals surface area contributed by atoms with Crippen LogP contribution in [0.4, 0.5) is 0 Å². The van der Waals surface area contributed by atoms with Gasteiger partial charge in [-0.1, -0.05) is 13.3 Å². The average Bonchev–Trinajstić information content (AvgIpc) is 2.24. The number of amides is 2. The van der Waals surface area contributed by atoms with Crippen LogP contribution in [0.25, 0.3) is 0 Å². The summed E-state index contributed by atoms with van der Waals surface area (Å²) in [7, 11) is 3.32. The van der Waals surface area contributed by atoms with E-state index in [0.717, 1.165) is 13.0 Å². The normalized spacial score (nSPS) is 17.6. The fourth-order valence-corrected chi connectivity index (χ4v) is 1.96. The van der Waals surface area contributed by atoms with Crippen LogP contribution in [0.3, 0.4) is 0 Å². The molecule has 0 atom stereocenters. The van der Waals surface area contributed by atoms with Crippen molar-refractivity contribution < 1.29 is 9.59 Å². The summed E-state index contributed by atoms with van der Waals surface area (Å²) < 4.78 is 0. The Labute approximate surface area is 103 Å². The van der Waals surface area contributed by atoms with Gasteiger partial charge in [-0.3, -0.25) is 9.59 Å². The Hall–Kier alpha value is -1.32. The van der Waals surface area contributed by atoms with E-state index < -0.39 is 0 Å². The maximum atomic E-state index is 11.5. The molecule has 1 fully saturated rings. The molecule has 0 aromatic heterocycles. The monoisotopic (exact) mass is 238 g/mol. The van der Waals surface area contributed by atoms with Crippen molar-refractivity contribution in [1.29, 1.82) is 0 Å². The van der Waals surface area contributed by atoms with Crippen molar-refractivity contribution in [1.82, 2.24) is 10.2 Å². The SMILES string of the molecule is CCC1(CNC(=O)C=CC(=O)N(C)C)CCC1. The Bertz CT molecular complexity index is 312. The number of nitrogens with zero attached hydrogens (tertiary/aromatic N) is 1.